The zero-order valence-electron chi connectivity index (χ0n) is 8.97. The first-order valence-electron chi connectivity index (χ1n) is 4.85. The molecular weight excluding hydrogens is 191 g/mol. The number of aryl methyl sites for hydroxylation is 1. The fourth-order valence-electron chi connectivity index (χ4n) is 1.24. The van der Waals surface area contributed by atoms with Gasteiger partial charge in [0.2, 0.25) is 0 Å². The summed E-state index contributed by atoms with van der Waals surface area (Å²) in [6, 6.07) is 5.32. The molecule has 0 unspecified atom stereocenters. The van der Waals surface area contributed by atoms with Crippen molar-refractivity contribution in [1.29, 1.82) is 0 Å². The van der Waals surface area contributed by atoms with Crippen LogP contribution in [0, 0.1) is 6.92 Å². The predicted molar refractivity (Wildman–Crippen MR) is 61.3 cm³/mol. The molecule has 0 fully saturated rings. The first kappa shape index (κ1) is 11.8. The van der Waals surface area contributed by atoms with Gasteiger partial charge < -0.3 is 14.8 Å². The van der Waals surface area contributed by atoms with Crippen LogP contribution in [0.15, 0.2) is 30.4 Å². The highest BCUT2D eigenvalue weighted by Gasteiger charge is 2.16. The van der Waals surface area contributed by atoms with Crippen molar-refractivity contribution in [2.24, 2.45) is 0 Å². The molecule has 0 saturated carbocycles. The third-order valence-corrected chi connectivity index (χ3v) is 2.01. The van der Waals surface area contributed by atoms with E-state index in [0.717, 1.165) is 5.56 Å². The summed E-state index contributed by atoms with van der Waals surface area (Å²) in [5.74, 6) is 0.508. The quantitative estimate of drug-likeness (QED) is 0.561. The molecule has 15 heavy (non-hydrogen) atoms. The SMILES string of the molecule is C/C=C/COc1ccc(C)cc1B(O)O. The summed E-state index contributed by atoms with van der Waals surface area (Å²) < 4.78 is 5.39. The Morgan fingerprint density at radius 1 is 1.40 bits per heavy atom. The zero-order chi connectivity index (χ0) is 11.3. The van der Waals surface area contributed by atoms with Gasteiger partial charge in [0.25, 0.3) is 0 Å². The minimum atomic E-state index is -1.49. The number of rotatable bonds is 4. The summed E-state index contributed by atoms with van der Waals surface area (Å²) >= 11 is 0. The molecule has 0 radical (unpaired) electrons. The van der Waals surface area contributed by atoms with E-state index in [0.29, 0.717) is 17.8 Å². The fraction of sp³-hybridized carbons (Fsp3) is 0.273. The molecule has 0 bridgehead atoms. The van der Waals surface area contributed by atoms with Crippen LogP contribution in [0.4, 0.5) is 0 Å². The van der Waals surface area contributed by atoms with Gasteiger partial charge in [-0.2, -0.15) is 0 Å². The molecule has 1 rings (SSSR count). The van der Waals surface area contributed by atoms with Crippen LogP contribution in [0.2, 0.25) is 0 Å². The second kappa shape index (κ2) is 5.58. The van der Waals surface area contributed by atoms with E-state index in [4.69, 9.17) is 14.8 Å². The first-order valence-corrected chi connectivity index (χ1v) is 4.85. The Labute approximate surface area is 90.2 Å². The Kier molecular flexibility index (Phi) is 4.40. The molecule has 2 N–H and O–H groups in total. The van der Waals surface area contributed by atoms with E-state index in [1.165, 1.54) is 0 Å². The van der Waals surface area contributed by atoms with Crippen molar-refractivity contribution < 1.29 is 14.8 Å². The van der Waals surface area contributed by atoms with E-state index in [9.17, 15) is 0 Å². The highest BCUT2D eigenvalue weighted by atomic mass is 16.5. The lowest BCUT2D eigenvalue weighted by molar-refractivity contribution is 0.361. The highest BCUT2D eigenvalue weighted by molar-refractivity contribution is 6.59. The van der Waals surface area contributed by atoms with Crippen LogP contribution in [0.5, 0.6) is 5.75 Å². The molecule has 4 heteroatoms. The lowest BCUT2D eigenvalue weighted by Gasteiger charge is -2.10. The van der Waals surface area contributed by atoms with Crippen LogP contribution in [0.1, 0.15) is 12.5 Å². The number of hydrogen-bond acceptors (Lipinski definition) is 3. The van der Waals surface area contributed by atoms with E-state index in [-0.39, 0.29) is 0 Å². The maximum absolute atomic E-state index is 9.14. The Morgan fingerprint density at radius 3 is 2.73 bits per heavy atom. The second-order valence-corrected chi connectivity index (χ2v) is 3.29. The molecule has 0 aliphatic rings. The summed E-state index contributed by atoms with van der Waals surface area (Å²) in [6.07, 6.45) is 3.73. The van der Waals surface area contributed by atoms with Crippen molar-refractivity contribution in [2.45, 2.75) is 13.8 Å². The Bertz CT molecular complexity index is 348. The number of ether oxygens (including phenoxy) is 1. The van der Waals surface area contributed by atoms with Gasteiger partial charge in [-0.15, -0.1) is 0 Å². The van der Waals surface area contributed by atoms with Gasteiger partial charge in [0.1, 0.15) is 12.4 Å². The van der Waals surface area contributed by atoms with Gasteiger partial charge in [-0.1, -0.05) is 29.8 Å². The van der Waals surface area contributed by atoms with Crippen molar-refractivity contribution in [3.63, 3.8) is 0 Å². The van der Waals surface area contributed by atoms with Crippen molar-refractivity contribution >= 4 is 12.6 Å². The molecule has 0 spiro atoms. The van der Waals surface area contributed by atoms with E-state index in [1.807, 2.05) is 32.1 Å². The number of allylic oxidation sites excluding steroid dienone is 1. The van der Waals surface area contributed by atoms with Gasteiger partial charge >= 0.3 is 7.12 Å². The van der Waals surface area contributed by atoms with E-state index in [2.05, 4.69) is 0 Å². The monoisotopic (exact) mass is 206 g/mol. The molecule has 1 aromatic carbocycles. The van der Waals surface area contributed by atoms with E-state index < -0.39 is 7.12 Å². The van der Waals surface area contributed by atoms with Crippen LogP contribution < -0.4 is 10.2 Å². The van der Waals surface area contributed by atoms with Crippen molar-refractivity contribution in [3.05, 3.63) is 35.9 Å². The molecule has 0 aliphatic heterocycles. The molecule has 80 valence electrons. The normalized spacial score (nSPS) is 10.7. The lowest BCUT2D eigenvalue weighted by atomic mass is 9.79. The second-order valence-electron chi connectivity index (χ2n) is 3.29. The van der Waals surface area contributed by atoms with E-state index >= 15 is 0 Å². The average molecular weight is 206 g/mol. The Hall–Kier alpha value is -1.26. The van der Waals surface area contributed by atoms with Gasteiger partial charge in [-0.3, -0.25) is 0 Å². The van der Waals surface area contributed by atoms with Crippen LogP contribution >= 0.6 is 0 Å². The molecule has 0 aliphatic carbocycles. The van der Waals surface area contributed by atoms with Gasteiger partial charge in [0.05, 0.1) is 0 Å². The minimum Gasteiger partial charge on any atom is -0.490 e. The van der Waals surface area contributed by atoms with Gasteiger partial charge in [0.15, 0.2) is 0 Å². The van der Waals surface area contributed by atoms with Gasteiger partial charge in [-0.05, 0) is 19.9 Å². The lowest BCUT2D eigenvalue weighted by Crippen LogP contribution is -2.31. The molecule has 0 atom stereocenters. The highest BCUT2D eigenvalue weighted by Crippen LogP contribution is 2.09. The summed E-state index contributed by atoms with van der Waals surface area (Å²) in [7, 11) is -1.49. The molecule has 1 aromatic rings. The van der Waals surface area contributed by atoms with Crippen LogP contribution in [0.3, 0.4) is 0 Å². The average Bonchev–Trinajstić information content (AvgIpc) is 2.20. The predicted octanol–water partition coefficient (Wildman–Crippen LogP) is 0.630. The molecule has 0 saturated heterocycles. The molecule has 3 nitrogen and oxygen atoms in total. The largest absolute Gasteiger partial charge is 0.492 e. The Balaban J connectivity index is 2.85. The number of hydrogen-bond donors (Lipinski definition) is 2. The van der Waals surface area contributed by atoms with Crippen LogP contribution in [0.25, 0.3) is 0 Å². The van der Waals surface area contributed by atoms with Gasteiger partial charge in [0, 0.05) is 5.46 Å². The van der Waals surface area contributed by atoms with Crippen molar-refractivity contribution in [3.8, 4) is 5.75 Å². The molecule has 0 aromatic heterocycles. The molecular formula is C11H15BO3. The minimum absolute atomic E-state index is 0.402. The standard InChI is InChI=1S/C11H15BO3/c1-3-4-7-15-11-6-5-9(2)8-10(11)12(13)14/h3-6,8,13-14H,7H2,1-2H3/b4-3+. The fourth-order valence-corrected chi connectivity index (χ4v) is 1.24. The zero-order valence-corrected chi connectivity index (χ0v) is 8.97. The summed E-state index contributed by atoms with van der Waals surface area (Å²) in [5.41, 5.74) is 1.37. The van der Waals surface area contributed by atoms with Crippen molar-refractivity contribution in [2.75, 3.05) is 6.61 Å². The van der Waals surface area contributed by atoms with Crippen LogP contribution in [-0.2, 0) is 0 Å². The molecule has 0 amide bonds. The van der Waals surface area contributed by atoms with Crippen LogP contribution in [-0.4, -0.2) is 23.8 Å². The maximum Gasteiger partial charge on any atom is 0.492 e. The smallest absolute Gasteiger partial charge is 0.490 e. The maximum atomic E-state index is 9.14. The Morgan fingerprint density at radius 2 is 2.13 bits per heavy atom. The summed E-state index contributed by atoms with van der Waals surface area (Å²) in [5, 5.41) is 18.3. The third kappa shape index (κ3) is 3.42. The summed E-state index contributed by atoms with van der Waals surface area (Å²) in [4.78, 5) is 0. The number of benzene rings is 1. The third-order valence-electron chi connectivity index (χ3n) is 2.01. The topological polar surface area (TPSA) is 49.7 Å². The molecule has 0 heterocycles. The van der Waals surface area contributed by atoms with Gasteiger partial charge in [-0.25, -0.2) is 0 Å². The first-order chi connectivity index (χ1) is 7.15. The van der Waals surface area contributed by atoms with E-state index in [1.54, 1.807) is 12.1 Å². The summed E-state index contributed by atoms with van der Waals surface area (Å²) in [6.45, 7) is 4.22. The van der Waals surface area contributed by atoms with Crippen molar-refractivity contribution in [1.82, 2.24) is 0 Å².